The van der Waals surface area contributed by atoms with Crippen LogP contribution in [0.4, 0.5) is 4.79 Å². The first kappa shape index (κ1) is 16.5. The molecule has 0 atom stereocenters. The second-order valence-corrected chi connectivity index (χ2v) is 6.53. The molecule has 3 rings (SSSR count). The molecule has 24 heavy (non-hydrogen) atoms. The maximum Gasteiger partial charge on any atom is 0.324 e. The van der Waals surface area contributed by atoms with Gasteiger partial charge in [0.1, 0.15) is 0 Å². The SMILES string of the molecule is CCn1c(SCCN2C(=O)CNC2=O)nnc1-c1cccc(C)c1. The number of nitrogens with one attached hydrogen (secondary N) is 1. The smallest absolute Gasteiger partial charge is 0.324 e. The molecule has 2 heterocycles. The lowest BCUT2D eigenvalue weighted by Gasteiger charge is -2.12. The molecule has 3 amide bonds. The second kappa shape index (κ2) is 7.04. The van der Waals surface area contributed by atoms with Gasteiger partial charge in [0.2, 0.25) is 5.91 Å². The summed E-state index contributed by atoms with van der Waals surface area (Å²) < 4.78 is 2.05. The molecule has 1 fully saturated rings. The van der Waals surface area contributed by atoms with Crippen LogP contribution in [0.25, 0.3) is 11.4 Å². The minimum atomic E-state index is -0.321. The van der Waals surface area contributed by atoms with Crippen LogP contribution in [-0.4, -0.2) is 50.4 Å². The summed E-state index contributed by atoms with van der Waals surface area (Å²) in [5.74, 6) is 1.24. The second-order valence-electron chi connectivity index (χ2n) is 5.47. The highest BCUT2D eigenvalue weighted by Crippen LogP contribution is 2.24. The topological polar surface area (TPSA) is 80.1 Å². The Balaban J connectivity index is 1.70. The van der Waals surface area contributed by atoms with E-state index in [4.69, 9.17) is 0 Å². The molecule has 1 aliphatic heterocycles. The van der Waals surface area contributed by atoms with E-state index in [9.17, 15) is 9.59 Å². The summed E-state index contributed by atoms with van der Waals surface area (Å²) in [6.45, 7) is 5.30. The highest BCUT2D eigenvalue weighted by Gasteiger charge is 2.27. The van der Waals surface area contributed by atoms with E-state index >= 15 is 0 Å². The highest BCUT2D eigenvalue weighted by atomic mass is 32.2. The number of amides is 3. The van der Waals surface area contributed by atoms with Crippen LogP contribution in [0.15, 0.2) is 29.4 Å². The Morgan fingerprint density at radius 2 is 2.12 bits per heavy atom. The largest absolute Gasteiger partial charge is 0.329 e. The number of nitrogens with zero attached hydrogens (tertiary/aromatic N) is 4. The van der Waals surface area contributed by atoms with E-state index < -0.39 is 0 Å². The standard InChI is InChI=1S/C16H19N5O2S/c1-3-20-14(12-6-4-5-11(2)9-12)18-19-16(20)24-8-7-21-13(22)10-17-15(21)23/h4-6,9H,3,7-8,10H2,1-2H3,(H,17,23). The average molecular weight is 345 g/mol. The van der Waals surface area contributed by atoms with Gasteiger partial charge in [-0.1, -0.05) is 35.5 Å². The maximum absolute atomic E-state index is 11.6. The minimum Gasteiger partial charge on any atom is -0.329 e. The van der Waals surface area contributed by atoms with Crippen LogP contribution < -0.4 is 5.32 Å². The summed E-state index contributed by atoms with van der Waals surface area (Å²) in [6, 6.07) is 7.83. The third kappa shape index (κ3) is 3.28. The normalized spacial score (nSPS) is 14.3. The van der Waals surface area contributed by atoms with Gasteiger partial charge in [0, 0.05) is 24.4 Å². The van der Waals surface area contributed by atoms with Crippen LogP contribution in [0.5, 0.6) is 0 Å². The van der Waals surface area contributed by atoms with E-state index in [1.165, 1.54) is 22.2 Å². The van der Waals surface area contributed by atoms with Gasteiger partial charge in [-0.2, -0.15) is 0 Å². The van der Waals surface area contributed by atoms with Gasteiger partial charge in [-0.05, 0) is 19.9 Å². The number of imide groups is 1. The Bertz CT molecular complexity index is 758. The van der Waals surface area contributed by atoms with Crippen molar-refractivity contribution >= 4 is 23.7 Å². The molecule has 126 valence electrons. The molecule has 0 radical (unpaired) electrons. The lowest BCUT2D eigenvalue weighted by atomic mass is 10.1. The van der Waals surface area contributed by atoms with Crippen molar-refractivity contribution in [3.05, 3.63) is 29.8 Å². The third-order valence-corrected chi connectivity index (χ3v) is 4.74. The first-order chi connectivity index (χ1) is 11.6. The Morgan fingerprint density at radius 1 is 1.29 bits per heavy atom. The fourth-order valence-corrected chi connectivity index (χ4v) is 3.51. The molecule has 0 unspecified atom stereocenters. The Hall–Kier alpha value is -2.35. The van der Waals surface area contributed by atoms with Crippen LogP contribution in [-0.2, 0) is 11.3 Å². The van der Waals surface area contributed by atoms with Crippen molar-refractivity contribution in [2.24, 2.45) is 0 Å². The van der Waals surface area contributed by atoms with Crippen LogP contribution >= 0.6 is 11.8 Å². The molecule has 7 nitrogen and oxygen atoms in total. The maximum atomic E-state index is 11.6. The van der Waals surface area contributed by atoms with Gasteiger partial charge in [-0.3, -0.25) is 9.69 Å². The number of aromatic nitrogens is 3. The van der Waals surface area contributed by atoms with Crippen molar-refractivity contribution in [1.82, 2.24) is 25.0 Å². The van der Waals surface area contributed by atoms with Crippen molar-refractivity contribution < 1.29 is 9.59 Å². The van der Waals surface area contributed by atoms with Crippen LogP contribution in [0.2, 0.25) is 0 Å². The summed E-state index contributed by atoms with van der Waals surface area (Å²) in [5.41, 5.74) is 2.20. The number of urea groups is 1. The van der Waals surface area contributed by atoms with E-state index in [0.717, 1.165) is 23.1 Å². The zero-order valence-corrected chi connectivity index (χ0v) is 14.5. The molecule has 1 N–H and O–H groups in total. The van der Waals surface area contributed by atoms with Gasteiger partial charge in [0.05, 0.1) is 6.54 Å². The molecule has 0 saturated carbocycles. The molecule has 0 spiro atoms. The molecule has 1 aromatic heterocycles. The van der Waals surface area contributed by atoms with Crippen LogP contribution in [0.1, 0.15) is 12.5 Å². The van der Waals surface area contributed by atoms with Gasteiger partial charge >= 0.3 is 6.03 Å². The van der Waals surface area contributed by atoms with E-state index in [1.807, 2.05) is 36.6 Å². The van der Waals surface area contributed by atoms with Gasteiger partial charge in [-0.25, -0.2) is 4.79 Å². The van der Waals surface area contributed by atoms with Gasteiger partial charge < -0.3 is 9.88 Å². The summed E-state index contributed by atoms with van der Waals surface area (Å²) in [5, 5.41) is 11.9. The summed E-state index contributed by atoms with van der Waals surface area (Å²) in [7, 11) is 0. The monoisotopic (exact) mass is 345 g/mol. The molecule has 1 aromatic carbocycles. The van der Waals surface area contributed by atoms with Crippen molar-refractivity contribution in [1.29, 1.82) is 0 Å². The minimum absolute atomic E-state index is 0.0894. The number of carbonyl (C=O) groups excluding carboxylic acids is 2. The van der Waals surface area contributed by atoms with E-state index in [2.05, 4.69) is 21.6 Å². The summed E-state index contributed by atoms with van der Waals surface area (Å²) in [4.78, 5) is 24.3. The van der Waals surface area contributed by atoms with Crippen LogP contribution in [0.3, 0.4) is 0 Å². The van der Waals surface area contributed by atoms with Gasteiger partial charge in [0.15, 0.2) is 11.0 Å². The molecule has 2 aromatic rings. The predicted molar refractivity (Wildman–Crippen MR) is 91.7 cm³/mol. The Kier molecular flexibility index (Phi) is 4.84. The number of hydrogen-bond donors (Lipinski definition) is 1. The molecule has 1 saturated heterocycles. The van der Waals surface area contributed by atoms with Crippen molar-refractivity contribution in [3.63, 3.8) is 0 Å². The van der Waals surface area contributed by atoms with Crippen LogP contribution in [0, 0.1) is 6.92 Å². The molecule has 8 heteroatoms. The molecular formula is C16H19N5O2S. The quantitative estimate of drug-likeness (QED) is 0.639. The highest BCUT2D eigenvalue weighted by molar-refractivity contribution is 7.99. The summed E-state index contributed by atoms with van der Waals surface area (Å²) in [6.07, 6.45) is 0. The third-order valence-electron chi connectivity index (χ3n) is 3.79. The van der Waals surface area contributed by atoms with E-state index in [-0.39, 0.29) is 18.5 Å². The fraction of sp³-hybridized carbons (Fsp3) is 0.375. The number of carbonyl (C=O) groups is 2. The predicted octanol–water partition coefficient (Wildman–Crippen LogP) is 1.92. The van der Waals surface area contributed by atoms with Gasteiger partial charge in [0.25, 0.3) is 0 Å². The molecular weight excluding hydrogens is 326 g/mol. The average Bonchev–Trinajstić information content (AvgIpc) is 3.12. The Morgan fingerprint density at radius 3 is 2.79 bits per heavy atom. The van der Waals surface area contributed by atoms with E-state index in [0.29, 0.717) is 12.3 Å². The first-order valence-corrected chi connectivity index (χ1v) is 8.80. The number of thioether (sulfide) groups is 1. The number of benzene rings is 1. The van der Waals surface area contributed by atoms with Crippen molar-refractivity contribution in [2.75, 3.05) is 18.8 Å². The summed E-state index contributed by atoms with van der Waals surface area (Å²) >= 11 is 1.50. The molecule has 0 bridgehead atoms. The number of aryl methyl sites for hydroxylation is 1. The zero-order valence-electron chi connectivity index (χ0n) is 13.7. The van der Waals surface area contributed by atoms with Crippen molar-refractivity contribution in [3.8, 4) is 11.4 Å². The zero-order chi connectivity index (χ0) is 17.1. The fourth-order valence-electron chi connectivity index (χ4n) is 2.59. The number of rotatable bonds is 6. The van der Waals surface area contributed by atoms with E-state index in [1.54, 1.807) is 0 Å². The Labute approximate surface area is 144 Å². The molecule has 0 aliphatic carbocycles. The first-order valence-electron chi connectivity index (χ1n) is 7.81. The lowest BCUT2D eigenvalue weighted by molar-refractivity contribution is -0.124. The van der Waals surface area contributed by atoms with Crippen molar-refractivity contribution in [2.45, 2.75) is 25.5 Å². The lowest BCUT2D eigenvalue weighted by Crippen LogP contribution is -2.32. The number of hydrogen-bond acceptors (Lipinski definition) is 5. The molecule has 1 aliphatic rings. The van der Waals surface area contributed by atoms with Gasteiger partial charge in [-0.15, -0.1) is 10.2 Å².